The van der Waals surface area contributed by atoms with Gasteiger partial charge in [-0.2, -0.15) is 0 Å². The predicted octanol–water partition coefficient (Wildman–Crippen LogP) is 1.77. The molecular weight excluding hydrogens is 212 g/mol. The van der Waals surface area contributed by atoms with E-state index in [1.54, 1.807) is 0 Å². The summed E-state index contributed by atoms with van der Waals surface area (Å²) in [6, 6.07) is 1.50. The number of aromatic nitrogens is 1. The van der Waals surface area contributed by atoms with Gasteiger partial charge in [0.25, 0.3) is 5.92 Å². The van der Waals surface area contributed by atoms with Gasteiger partial charge in [-0.3, -0.25) is 0 Å². The molecule has 14 heavy (non-hydrogen) atoms. The molecule has 0 unspecified atom stereocenters. The van der Waals surface area contributed by atoms with Crippen LogP contribution in [0, 0.1) is 0 Å². The van der Waals surface area contributed by atoms with Crippen molar-refractivity contribution in [3.8, 4) is 0 Å². The van der Waals surface area contributed by atoms with Gasteiger partial charge in [0, 0.05) is 0 Å². The Hall–Kier alpha value is -1.10. The minimum absolute atomic E-state index is 0.306. The van der Waals surface area contributed by atoms with Crippen molar-refractivity contribution in [1.29, 1.82) is 0 Å². The molecule has 1 aromatic heterocycles. The van der Waals surface area contributed by atoms with Gasteiger partial charge in [0.1, 0.15) is 5.82 Å². The lowest BCUT2D eigenvalue weighted by Gasteiger charge is -2.39. The highest BCUT2D eigenvalue weighted by atomic mass is 35.5. The average molecular weight is 220 g/mol. The summed E-state index contributed by atoms with van der Waals surface area (Å²) in [7, 11) is 0. The largest absolute Gasteiger partial charge is 0.397 e. The summed E-state index contributed by atoms with van der Waals surface area (Å²) in [5.41, 5.74) is 5.85. The fourth-order valence-electron chi connectivity index (χ4n) is 1.34. The third-order valence-corrected chi connectivity index (χ3v) is 2.26. The van der Waals surface area contributed by atoms with Crippen molar-refractivity contribution >= 4 is 23.1 Å². The average Bonchev–Trinajstić information content (AvgIpc) is 2.00. The van der Waals surface area contributed by atoms with Crippen LogP contribution in [0.4, 0.5) is 20.3 Å². The van der Waals surface area contributed by atoms with Crippen LogP contribution in [0.25, 0.3) is 0 Å². The Labute approximate surface area is 84.5 Å². The van der Waals surface area contributed by atoms with E-state index in [2.05, 4.69) is 4.98 Å². The normalized spacial score (nSPS) is 19.2. The maximum Gasteiger partial charge on any atom is 0.282 e. The van der Waals surface area contributed by atoms with Crippen molar-refractivity contribution < 1.29 is 8.78 Å². The Bertz CT molecular complexity index is 362. The Morgan fingerprint density at radius 1 is 1.50 bits per heavy atom. The van der Waals surface area contributed by atoms with Gasteiger partial charge in [-0.1, -0.05) is 11.6 Å². The second kappa shape index (κ2) is 2.95. The van der Waals surface area contributed by atoms with E-state index in [9.17, 15) is 8.78 Å². The summed E-state index contributed by atoms with van der Waals surface area (Å²) >= 11 is 5.80. The quantitative estimate of drug-likeness (QED) is 0.783. The number of nitrogens with two attached hydrogens (primary N) is 1. The molecule has 0 amide bonds. The highest BCUT2D eigenvalue weighted by molar-refractivity contribution is 6.33. The molecule has 1 aliphatic heterocycles. The fourth-order valence-corrected chi connectivity index (χ4v) is 1.63. The summed E-state index contributed by atoms with van der Waals surface area (Å²) in [5.74, 6) is -2.25. The number of pyridine rings is 1. The van der Waals surface area contributed by atoms with Crippen LogP contribution < -0.4 is 10.6 Å². The van der Waals surface area contributed by atoms with Crippen LogP contribution >= 0.6 is 11.6 Å². The molecule has 0 atom stereocenters. The predicted molar refractivity (Wildman–Crippen MR) is 50.8 cm³/mol. The van der Waals surface area contributed by atoms with Crippen LogP contribution in [0.2, 0.25) is 5.02 Å². The van der Waals surface area contributed by atoms with Crippen molar-refractivity contribution in [3.05, 3.63) is 17.3 Å². The first kappa shape index (κ1) is 9.45. The first-order valence-electron chi connectivity index (χ1n) is 4.02. The third-order valence-electron chi connectivity index (χ3n) is 1.99. The molecule has 0 radical (unpaired) electrons. The number of hydrogen-bond acceptors (Lipinski definition) is 3. The number of halogens is 3. The maximum atomic E-state index is 12.5. The Morgan fingerprint density at radius 3 is 2.64 bits per heavy atom. The molecule has 2 rings (SSSR count). The molecule has 0 bridgehead atoms. The van der Waals surface area contributed by atoms with Crippen LogP contribution in [0.5, 0.6) is 0 Å². The Balaban J connectivity index is 2.19. The molecular formula is C8H8ClF2N3. The van der Waals surface area contributed by atoms with Crippen LogP contribution in [-0.2, 0) is 0 Å². The minimum atomic E-state index is -2.62. The maximum absolute atomic E-state index is 12.5. The molecule has 0 saturated carbocycles. The standard InChI is InChI=1S/C8H8ClF2N3/c9-6-1-5(12)2-13-7(6)14-3-8(10,11)4-14/h1-2H,3-4,12H2. The molecule has 6 heteroatoms. The highest BCUT2D eigenvalue weighted by Crippen LogP contribution is 2.34. The minimum Gasteiger partial charge on any atom is -0.397 e. The molecule has 76 valence electrons. The van der Waals surface area contributed by atoms with Gasteiger partial charge in [-0.05, 0) is 6.07 Å². The molecule has 2 heterocycles. The van der Waals surface area contributed by atoms with Crippen molar-refractivity contribution in [2.45, 2.75) is 5.92 Å². The fraction of sp³-hybridized carbons (Fsp3) is 0.375. The topological polar surface area (TPSA) is 42.1 Å². The SMILES string of the molecule is Nc1cnc(N2CC(F)(F)C2)c(Cl)c1. The van der Waals surface area contributed by atoms with E-state index in [1.807, 2.05) is 0 Å². The van der Waals surface area contributed by atoms with Crippen LogP contribution in [-0.4, -0.2) is 24.0 Å². The Kier molecular flexibility index (Phi) is 1.99. The molecule has 1 aromatic rings. The number of nitrogen functional groups attached to an aromatic ring is 1. The lowest BCUT2D eigenvalue weighted by Crippen LogP contribution is -2.56. The molecule has 0 aromatic carbocycles. The smallest absolute Gasteiger partial charge is 0.282 e. The van der Waals surface area contributed by atoms with Crippen LogP contribution in [0.1, 0.15) is 0 Å². The summed E-state index contributed by atoms with van der Waals surface area (Å²) in [4.78, 5) is 5.32. The van der Waals surface area contributed by atoms with Gasteiger partial charge in [0.2, 0.25) is 0 Å². The number of alkyl halides is 2. The van der Waals surface area contributed by atoms with E-state index in [4.69, 9.17) is 17.3 Å². The third kappa shape index (κ3) is 1.59. The van der Waals surface area contributed by atoms with Gasteiger partial charge in [-0.15, -0.1) is 0 Å². The molecule has 3 nitrogen and oxygen atoms in total. The molecule has 1 fully saturated rings. The van der Waals surface area contributed by atoms with E-state index in [1.165, 1.54) is 17.2 Å². The summed E-state index contributed by atoms with van der Waals surface area (Å²) in [5, 5.41) is 0.306. The molecule has 0 aliphatic carbocycles. The van der Waals surface area contributed by atoms with Crippen molar-refractivity contribution in [2.75, 3.05) is 23.7 Å². The zero-order valence-electron chi connectivity index (χ0n) is 7.17. The van der Waals surface area contributed by atoms with Gasteiger partial charge in [0.15, 0.2) is 0 Å². The van der Waals surface area contributed by atoms with Gasteiger partial charge >= 0.3 is 0 Å². The first-order chi connectivity index (χ1) is 6.48. The zero-order chi connectivity index (χ0) is 10.3. The molecule has 2 N–H and O–H groups in total. The monoisotopic (exact) mass is 219 g/mol. The molecule has 1 aliphatic rings. The second-order valence-corrected chi connectivity index (χ2v) is 3.69. The van der Waals surface area contributed by atoms with E-state index in [-0.39, 0.29) is 13.1 Å². The van der Waals surface area contributed by atoms with Crippen molar-refractivity contribution in [2.24, 2.45) is 0 Å². The first-order valence-corrected chi connectivity index (χ1v) is 4.39. The zero-order valence-corrected chi connectivity index (χ0v) is 7.93. The van der Waals surface area contributed by atoms with E-state index in [0.29, 0.717) is 16.5 Å². The van der Waals surface area contributed by atoms with Crippen LogP contribution in [0.15, 0.2) is 12.3 Å². The summed E-state index contributed by atoms with van der Waals surface area (Å²) in [6.45, 7) is -0.659. The summed E-state index contributed by atoms with van der Waals surface area (Å²) < 4.78 is 25.1. The number of anilines is 2. The highest BCUT2D eigenvalue weighted by Gasteiger charge is 2.45. The lowest BCUT2D eigenvalue weighted by molar-refractivity contribution is -0.0266. The second-order valence-electron chi connectivity index (χ2n) is 3.29. The summed E-state index contributed by atoms with van der Waals surface area (Å²) in [6.07, 6.45) is 1.40. The van der Waals surface area contributed by atoms with Crippen LogP contribution in [0.3, 0.4) is 0 Å². The molecule has 0 spiro atoms. The van der Waals surface area contributed by atoms with Gasteiger partial charge in [0.05, 0.1) is 30.0 Å². The Morgan fingerprint density at radius 2 is 2.14 bits per heavy atom. The van der Waals surface area contributed by atoms with E-state index < -0.39 is 5.92 Å². The number of rotatable bonds is 1. The number of nitrogens with zero attached hydrogens (tertiary/aromatic N) is 2. The molecule has 1 saturated heterocycles. The van der Waals surface area contributed by atoms with E-state index in [0.717, 1.165) is 0 Å². The van der Waals surface area contributed by atoms with Gasteiger partial charge in [-0.25, -0.2) is 13.8 Å². The van der Waals surface area contributed by atoms with Gasteiger partial charge < -0.3 is 10.6 Å². The van der Waals surface area contributed by atoms with Crippen molar-refractivity contribution in [1.82, 2.24) is 4.98 Å². The van der Waals surface area contributed by atoms with Crippen molar-refractivity contribution in [3.63, 3.8) is 0 Å². The number of hydrogen-bond donors (Lipinski definition) is 1. The van der Waals surface area contributed by atoms with E-state index >= 15 is 0 Å². The lowest BCUT2D eigenvalue weighted by atomic mass is 10.1.